The molecule has 6 heteroatoms. The van der Waals surface area contributed by atoms with Gasteiger partial charge in [-0.15, -0.1) is 0 Å². The number of allylic oxidation sites excluding steroid dienone is 4. The number of hydrogen-bond donors (Lipinski definition) is 0. The van der Waals surface area contributed by atoms with Crippen molar-refractivity contribution in [3.05, 3.63) is 23.3 Å². The van der Waals surface area contributed by atoms with Gasteiger partial charge in [-0.1, -0.05) is 0 Å². The van der Waals surface area contributed by atoms with E-state index in [0.29, 0.717) is 0 Å². The van der Waals surface area contributed by atoms with Gasteiger partial charge in [-0.3, -0.25) is 28.8 Å². The van der Waals surface area contributed by atoms with Gasteiger partial charge in [-0.2, -0.15) is 0 Å². The van der Waals surface area contributed by atoms with Crippen LogP contribution in [0.25, 0.3) is 0 Å². The van der Waals surface area contributed by atoms with Crippen LogP contribution in [0.2, 0.25) is 0 Å². The summed E-state index contributed by atoms with van der Waals surface area (Å²) < 4.78 is 0. The Bertz CT molecular complexity index is 647. The fourth-order valence-electron chi connectivity index (χ4n) is 2.78. The van der Waals surface area contributed by atoms with Gasteiger partial charge in [0.25, 0.3) is 0 Å². The van der Waals surface area contributed by atoms with E-state index in [9.17, 15) is 28.8 Å². The third-order valence-electron chi connectivity index (χ3n) is 4.08. The molecule has 2 unspecified atom stereocenters. The second-order valence-electron chi connectivity index (χ2n) is 5.84. The molecule has 2 aliphatic rings. The molecule has 2 rings (SSSR count). The Morgan fingerprint density at radius 2 is 1.13 bits per heavy atom. The van der Waals surface area contributed by atoms with Crippen LogP contribution >= 0.6 is 0 Å². The number of rotatable bonds is 6. The quantitative estimate of drug-likeness (QED) is 0.669. The number of ketones is 6. The Morgan fingerprint density at radius 1 is 0.783 bits per heavy atom. The number of Topliss-reactive ketones (excluding diaryl/α,β-unsaturated/α-hetero) is 4. The van der Waals surface area contributed by atoms with Crippen LogP contribution in [-0.2, 0) is 28.8 Å². The molecule has 2 aliphatic carbocycles. The van der Waals surface area contributed by atoms with Crippen LogP contribution in [-0.4, -0.2) is 34.7 Å². The zero-order valence-corrected chi connectivity index (χ0v) is 12.9. The second-order valence-corrected chi connectivity index (χ2v) is 5.84. The molecule has 0 amide bonds. The van der Waals surface area contributed by atoms with E-state index < -0.39 is 46.5 Å². The van der Waals surface area contributed by atoms with Gasteiger partial charge in [0, 0.05) is 12.8 Å². The first kappa shape index (κ1) is 16.9. The lowest BCUT2D eigenvalue weighted by Crippen LogP contribution is -2.28. The first-order chi connectivity index (χ1) is 10.7. The maximum absolute atomic E-state index is 12.0. The number of carbonyl (C=O) groups is 6. The molecule has 120 valence electrons. The average molecular weight is 316 g/mol. The molecule has 0 radical (unpaired) electrons. The molecule has 0 bridgehead atoms. The van der Waals surface area contributed by atoms with Gasteiger partial charge in [0.15, 0.2) is 34.7 Å². The van der Waals surface area contributed by atoms with E-state index >= 15 is 0 Å². The Morgan fingerprint density at radius 3 is 1.39 bits per heavy atom. The summed E-state index contributed by atoms with van der Waals surface area (Å²) in [5, 5.41) is 0. The van der Waals surface area contributed by atoms with Crippen LogP contribution < -0.4 is 0 Å². The topological polar surface area (TPSA) is 102 Å². The van der Waals surface area contributed by atoms with Gasteiger partial charge in [0.2, 0.25) is 0 Å². The molecular formula is C17H16O6. The van der Waals surface area contributed by atoms with Crippen molar-refractivity contribution in [2.24, 2.45) is 11.8 Å². The van der Waals surface area contributed by atoms with E-state index in [4.69, 9.17) is 0 Å². The predicted octanol–water partition coefficient (Wildman–Crippen LogP) is 0.724. The van der Waals surface area contributed by atoms with Crippen molar-refractivity contribution in [1.29, 1.82) is 0 Å². The van der Waals surface area contributed by atoms with Crippen molar-refractivity contribution in [2.45, 2.75) is 33.1 Å². The summed E-state index contributed by atoms with van der Waals surface area (Å²) in [6.07, 6.45) is 2.18. The Kier molecular flexibility index (Phi) is 4.63. The number of hydrogen-bond acceptors (Lipinski definition) is 6. The SMILES string of the molecule is CC1=CC(=O)C(C(=O)CCCC(=O)C2C(=O)C=C(C)C2=O)C1=O. The Balaban J connectivity index is 1.86. The van der Waals surface area contributed by atoms with Gasteiger partial charge in [0.05, 0.1) is 0 Å². The van der Waals surface area contributed by atoms with Gasteiger partial charge < -0.3 is 0 Å². The highest BCUT2D eigenvalue weighted by atomic mass is 16.2. The summed E-state index contributed by atoms with van der Waals surface area (Å²) in [7, 11) is 0. The lowest BCUT2D eigenvalue weighted by molar-refractivity contribution is -0.136. The molecule has 2 atom stereocenters. The second kappa shape index (κ2) is 6.32. The van der Waals surface area contributed by atoms with Crippen LogP contribution in [0.5, 0.6) is 0 Å². The van der Waals surface area contributed by atoms with E-state index in [1.165, 1.54) is 13.8 Å². The van der Waals surface area contributed by atoms with Gasteiger partial charge in [-0.25, -0.2) is 0 Å². The highest BCUT2D eigenvalue weighted by Gasteiger charge is 2.39. The molecule has 0 saturated heterocycles. The molecule has 23 heavy (non-hydrogen) atoms. The molecule has 0 aliphatic heterocycles. The zero-order valence-electron chi connectivity index (χ0n) is 12.9. The maximum atomic E-state index is 12.0. The molecule has 0 aromatic carbocycles. The standard InChI is InChI=1S/C17H16O6/c1-8-6-12(20)14(16(8)22)10(18)4-3-5-11(19)15-13(21)7-9(2)17(15)23/h6-7,14-15H,3-5H2,1-2H3. The normalized spacial score (nSPS) is 24.1. The van der Waals surface area contributed by atoms with Crippen molar-refractivity contribution in [3.8, 4) is 0 Å². The monoisotopic (exact) mass is 316 g/mol. The van der Waals surface area contributed by atoms with Crippen molar-refractivity contribution >= 4 is 34.7 Å². The minimum atomic E-state index is -1.29. The first-order valence-corrected chi connectivity index (χ1v) is 7.32. The third-order valence-corrected chi connectivity index (χ3v) is 4.08. The molecule has 0 aromatic heterocycles. The smallest absolute Gasteiger partial charge is 0.176 e. The van der Waals surface area contributed by atoms with Crippen molar-refractivity contribution in [1.82, 2.24) is 0 Å². The highest BCUT2D eigenvalue weighted by Crippen LogP contribution is 2.23. The van der Waals surface area contributed by atoms with Crippen molar-refractivity contribution < 1.29 is 28.8 Å². The van der Waals surface area contributed by atoms with Crippen LogP contribution in [0.1, 0.15) is 33.1 Å². The van der Waals surface area contributed by atoms with E-state index in [0.717, 1.165) is 12.2 Å². The summed E-state index contributed by atoms with van der Waals surface area (Å²) in [6.45, 7) is 2.95. The Labute approximate surface area is 132 Å². The fourth-order valence-corrected chi connectivity index (χ4v) is 2.78. The van der Waals surface area contributed by atoms with Crippen LogP contribution in [0.4, 0.5) is 0 Å². The summed E-state index contributed by atoms with van der Waals surface area (Å²) in [5.74, 6) is -5.67. The largest absolute Gasteiger partial charge is 0.298 e. The Hall–Kier alpha value is -2.50. The highest BCUT2D eigenvalue weighted by molar-refractivity contribution is 6.32. The zero-order chi connectivity index (χ0) is 17.3. The minimum absolute atomic E-state index is 0.101. The predicted molar refractivity (Wildman–Crippen MR) is 78.4 cm³/mol. The number of carbonyl (C=O) groups excluding carboxylic acids is 6. The lowest BCUT2D eigenvalue weighted by atomic mass is 9.91. The summed E-state index contributed by atoms with van der Waals surface area (Å²) >= 11 is 0. The van der Waals surface area contributed by atoms with E-state index in [1.54, 1.807) is 0 Å². The van der Waals surface area contributed by atoms with Gasteiger partial charge >= 0.3 is 0 Å². The molecule has 0 N–H and O–H groups in total. The average Bonchev–Trinajstić information content (AvgIpc) is 2.86. The van der Waals surface area contributed by atoms with Crippen LogP contribution in [0, 0.1) is 11.8 Å². The molecule has 6 nitrogen and oxygen atoms in total. The van der Waals surface area contributed by atoms with Crippen molar-refractivity contribution in [2.75, 3.05) is 0 Å². The van der Waals surface area contributed by atoms with E-state index in [2.05, 4.69) is 0 Å². The van der Waals surface area contributed by atoms with Gasteiger partial charge in [0.1, 0.15) is 11.8 Å². The summed E-state index contributed by atoms with van der Waals surface area (Å²) in [6, 6.07) is 0. The molecular weight excluding hydrogens is 300 g/mol. The molecule has 0 saturated carbocycles. The van der Waals surface area contributed by atoms with E-state index in [1.807, 2.05) is 0 Å². The molecule has 0 spiro atoms. The van der Waals surface area contributed by atoms with Gasteiger partial charge in [-0.05, 0) is 43.6 Å². The first-order valence-electron chi connectivity index (χ1n) is 7.32. The molecule has 0 aromatic rings. The third kappa shape index (κ3) is 3.16. The lowest BCUT2D eigenvalue weighted by Gasteiger charge is -2.08. The van der Waals surface area contributed by atoms with Crippen LogP contribution in [0.3, 0.4) is 0 Å². The minimum Gasteiger partial charge on any atom is -0.298 e. The van der Waals surface area contributed by atoms with Crippen molar-refractivity contribution in [3.63, 3.8) is 0 Å². The molecule has 0 fully saturated rings. The van der Waals surface area contributed by atoms with Crippen LogP contribution in [0.15, 0.2) is 23.3 Å². The maximum Gasteiger partial charge on any atom is 0.176 e. The summed E-state index contributed by atoms with van der Waals surface area (Å²) in [4.78, 5) is 70.5. The fraction of sp³-hybridized carbons (Fsp3) is 0.412. The molecule has 0 heterocycles. The summed E-state index contributed by atoms with van der Waals surface area (Å²) in [5.41, 5.74) is 0.515. The van der Waals surface area contributed by atoms with E-state index in [-0.39, 0.29) is 30.4 Å².